The van der Waals surface area contributed by atoms with E-state index in [2.05, 4.69) is 0 Å². The average Bonchev–Trinajstić information content (AvgIpc) is 2.28. The van der Waals surface area contributed by atoms with E-state index < -0.39 is 23.3 Å². The minimum absolute atomic E-state index is 0.108. The largest absolute Gasteiger partial charge is 0.530 e. The number of nitrogens with zero attached hydrogens (tertiary/aromatic N) is 1. The fraction of sp³-hybridized carbons (Fsp3) is 0.889. The van der Waals surface area contributed by atoms with E-state index in [-0.39, 0.29) is 13.0 Å². The summed E-state index contributed by atoms with van der Waals surface area (Å²) in [7, 11) is 0. The van der Waals surface area contributed by atoms with Crippen LogP contribution in [0.1, 0.15) is 27.2 Å². The lowest BCUT2D eigenvalue weighted by Crippen LogP contribution is -2.63. The van der Waals surface area contributed by atoms with Gasteiger partial charge in [-0.05, 0) is 6.42 Å². The molecule has 2 atom stereocenters. The second-order valence-corrected chi connectivity index (χ2v) is 4.70. The van der Waals surface area contributed by atoms with E-state index in [1.807, 2.05) is 0 Å². The van der Waals surface area contributed by atoms with Gasteiger partial charge in [0, 0.05) is 12.0 Å². The molecule has 1 rings (SSSR count). The summed E-state index contributed by atoms with van der Waals surface area (Å²) in [6, 6.07) is 0. The normalized spacial score (nSPS) is 33.5. The standard InChI is InChI=1S/C9H17NO4/c1-8(2,3)9(14)6(11)4-5-10(9)7(12)13/h6,11,14H,4-5H2,1-3H3,(H,12,13)/p-1. The van der Waals surface area contributed by atoms with Gasteiger partial charge in [-0.1, -0.05) is 20.8 Å². The topological polar surface area (TPSA) is 83.8 Å². The van der Waals surface area contributed by atoms with Crippen LogP contribution in [0.25, 0.3) is 0 Å². The van der Waals surface area contributed by atoms with Crippen LogP contribution in [0.3, 0.4) is 0 Å². The molecule has 1 heterocycles. The first kappa shape index (κ1) is 11.3. The highest BCUT2D eigenvalue weighted by Crippen LogP contribution is 2.41. The van der Waals surface area contributed by atoms with Crippen LogP contribution in [0.4, 0.5) is 4.79 Å². The van der Waals surface area contributed by atoms with Gasteiger partial charge in [-0.2, -0.15) is 0 Å². The number of hydrogen-bond acceptors (Lipinski definition) is 4. The Labute approximate surface area is 83.0 Å². The minimum atomic E-state index is -1.74. The van der Waals surface area contributed by atoms with Gasteiger partial charge < -0.3 is 25.0 Å². The van der Waals surface area contributed by atoms with Crippen molar-refractivity contribution in [2.75, 3.05) is 6.54 Å². The van der Waals surface area contributed by atoms with Crippen LogP contribution in [0.15, 0.2) is 0 Å². The van der Waals surface area contributed by atoms with Crippen LogP contribution in [0, 0.1) is 5.41 Å². The van der Waals surface area contributed by atoms with Gasteiger partial charge in [-0.15, -0.1) is 0 Å². The molecule has 0 radical (unpaired) electrons. The van der Waals surface area contributed by atoms with Crippen molar-refractivity contribution in [3.63, 3.8) is 0 Å². The van der Waals surface area contributed by atoms with Crippen LogP contribution >= 0.6 is 0 Å². The van der Waals surface area contributed by atoms with Crippen molar-refractivity contribution >= 4 is 6.09 Å². The van der Waals surface area contributed by atoms with E-state index in [1.165, 1.54) is 0 Å². The second kappa shape index (κ2) is 3.10. The molecule has 14 heavy (non-hydrogen) atoms. The Kier molecular flexibility index (Phi) is 2.49. The molecule has 2 unspecified atom stereocenters. The lowest BCUT2D eigenvalue weighted by molar-refractivity contribution is -0.293. The highest BCUT2D eigenvalue weighted by Gasteiger charge is 2.54. The number of likely N-dealkylation sites (tertiary alicyclic amines) is 1. The van der Waals surface area contributed by atoms with E-state index in [1.54, 1.807) is 20.8 Å². The van der Waals surface area contributed by atoms with Gasteiger partial charge in [-0.25, -0.2) is 0 Å². The number of rotatable bonds is 0. The van der Waals surface area contributed by atoms with Gasteiger partial charge in [0.2, 0.25) is 0 Å². The Hall–Kier alpha value is -0.810. The van der Waals surface area contributed by atoms with Crippen molar-refractivity contribution in [2.24, 2.45) is 5.41 Å². The predicted molar refractivity (Wildman–Crippen MR) is 47.1 cm³/mol. The van der Waals surface area contributed by atoms with Crippen molar-refractivity contribution in [2.45, 2.75) is 39.0 Å². The zero-order valence-corrected chi connectivity index (χ0v) is 8.65. The first-order valence-corrected chi connectivity index (χ1v) is 4.60. The quantitative estimate of drug-likeness (QED) is 0.535. The molecule has 2 N–H and O–H groups in total. The Morgan fingerprint density at radius 3 is 2.36 bits per heavy atom. The van der Waals surface area contributed by atoms with Crippen LogP contribution in [0.2, 0.25) is 0 Å². The first-order valence-electron chi connectivity index (χ1n) is 4.60. The molecule has 1 fully saturated rings. The minimum Gasteiger partial charge on any atom is -0.530 e. The van der Waals surface area contributed by atoms with Gasteiger partial charge >= 0.3 is 0 Å². The van der Waals surface area contributed by atoms with Crippen molar-refractivity contribution in [1.29, 1.82) is 0 Å². The lowest BCUT2D eigenvalue weighted by Gasteiger charge is -2.46. The highest BCUT2D eigenvalue weighted by molar-refractivity contribution is 5.64. The van der Waals surface area contributed by atoms with Gasteiger partial charge in [0.1, 0.15) is 12.2 Å². The molecule has 5 heteroatoms. The molecular weight excluding hydrogens is 186 g/mol. The smallest absolute Gasteiger partial charge is 0.170 e. The Morgan fingerprint density at radius 1 is 1.57 bits per heavy atom. The number of amides is 1. The summed E-state index contributed by atoms with van der Waals surface area (Å²) < 4.78 is 0. The summed E-state index contributed by atoms with van der Waals surface area (Å²) in [5.41, 5.74) is -2.49. The Morgan fingerprint density at radius 2 is 2.07 bits per heavy atom. The molecule has 0 aromatic rings. The van der Waals surface area contributed by atoms with E-state index in [0.717, 1.165) is 4.90 Å². The zero-order valence-electron chi connectivity index (χ0n) is 8.65. The number of carboxylic acid groups (broad SMARTS) is 1. The molecule has 0 aliphatic carbocycles. The van der Waals surface area contributed by atoms with Crippen LogP contribution in [-0.2, 0) is 0 Å². The molecule has 1 amide bonds. The summed E-state index contributed by atoms with van der Waals surface area (Å²) in [6.45, 7) is 5.14. The average molecular weight is 202 g/mol. The molecule has 5 nitrogen and oxygen atoms in total. The lowest BCUT2D eigenvalue weighted by atomic mass is 9.80. The monoisotopic (exact) mass is 202 g/mol. The van der Waals surface area contributed by atoms with Gasteiger partial charge in [-0.3, -0.25) is 0 Å². The van der Waals surface area contributed by atoms with E-state index in [0.29, 0.717) is 0 Å². The van der Waals surface area contributed by atoms with E-state index in [4.69, 9.17) is 0 Å². The molecule has 0 spiro atoms. The number of aliphatic hydroxyl groups is 2. The summed E-state index contributed by atoms with van der Waals surface area (Å²) in [4.78, 5) is 11.6. The third-order valence-electron chi connectivity index (χ3n) is 2.83. The zero-order chi connectivity index (χ0) is 11.1. The molecule has 0 aromatic carbocycles. The van der Waals surface area contributed by atoms with Crippen molar-refractivity contribution < 1.29 is 20.1 Å². The van der Waals surface area contributed by atoms with Gasteiger partial charge in [0.15, 0.2) is 5.72 Å². The van der Waals surface area contributed by atoms with Crippen molar-refractivity contribution in [3.05, 3.63) is 0 Å². The summed E-state index contributed by atoms with van der Waals surface area (Å²) in [5, 5.41) is 30.6. The maximum atomic E-state index is 10.8. The Bertz CT molecular complexity index is 248. The molecule has 82 valence electrons. The molecule has 0 bridgehead atoms. The molecule has 1 aliphatic heterocycles. The molecule has 1 saturated heterocycles. The van der Waals surface area contributed by atoms with E-state index >= 15 is 0 Å². The van der Waals surface area contributed by atoms with Crippen LogP contribution < -0.4 is 5.11 Å². The predicted octanol–water partition coefficient (Wildman–Crippen LogP) is -0.869. The fourth-order valence-corrected chi connectivity index (χ4v) is 1.94. The summed E-state index contributed by atoms with van der Waals surface area (Å²) in [6.07, 6.45) is -2.26. The molecular formula is C9H16NO4-. The summed E-state index contributed by atoms with van der Waals surface area (Å²) in [5.74, 6) is 0. The molecule has 0 aromatic heterocycles. The fourth-order valence-electron chi connectivity index (χ4n) is 1.94. The maximum absolute atomic E-state index is 10.8. The van der Waals surface area contributed by atoms with Crippen LogP contribution in [0.5, 0.6) is 0 Å². The van der Waals surface area contributed by atoms with E-state index in [9.17, 15) is 20.1 Å². The van der Waals surface area contributed by atoms with Gasteiger partial charge in [0.25, 0.3) is 0 Å². The number of carbonyl (C=O) groups excluding carboxylic acids is 1. The molecule has 1 aliphatic rings. The summed E-state index contributed by atoms with van der Waals surface area (Å²) >= 11 is 0. The van der Waals surface area contributed by atoms with Crippen LogP contribution in [-0.4, -0.2) is 39.6 Å². The highest BCUT2D eigenvalue weighted by atomic mass is 16.4. The SMILES string of the molecule is CC(C)(C)C1(O)C(O)CCN1C(=O)[O-]. The number of carbonyl (C=O) groups is 1. The third kappa shape index (κ3) is 1.36. The number of aliphatic hydroxyl groups excluding tert-OH is 1. The first-order chi connectivity index (χ1) is 6.21. The van der Waals surface area contributed by atoms with Crippen molar-refractivity contribution in [1.82, 2.24) is 4.90 Å². The molecule has 0 saturated carbocycles. The van der Waals surface area contributed by atoms with Gasteiger partial charge in [0.05, 0.1) is 0 Å². The third-order valence-corrected chi connectivity index (χ3v) is 2.83. The second-order valence-electron chi connectivity index (χ2n) is 4.70. The maximum Gasteiger partial charge on any atom is 0.170 e. The Balaban J connectivity index is 3.08. The number of hydrogen-bond donors (Lipinski definition) is 2. The van der Waals surface area contributed by atoms with Crippen molar-refractivity contribution in [3.8, 4) is 0 Å².